The van der Waals surface area contributed by atoms with Gasteiger partial charge in [-0.1, -0.05) is 38.1 Å². The average Bonchev–Trinajstić information content (AvgIpc) is 2.20. The summed E-state index contributed by atoms with van der Waals surface area (Å²) in [5.74, 6) is 0. The van der Waals surface area contributed by atoms with Crippen molar-refractivity contribution in [3.8, 4) is 0 Å². The Bertz CT molecular complexity index is 223. The Morgan fingerprint density at radius 1 is 1.23 bits per heavy atom. The maximum Gasteiger partial charge on any atom is 0.0934 e. The fraction of sp³-hybridized carbons (Fsp3) is 0.455. The first-order valence-corrected chi connectivity index (χ1v) is 4.70. The summed E-state index contributed by atoms with van der Waals surface area (Å²) in [4.78, 5) is 0. The molecule has 0 saturated carbocycles. The molecule has 0 bridgehead atoms. The van der Waals surface area contributed by atoms with Crippen LogP contribution in [-0.2, 0) is 6.54 Å². The third kappa shape index (κ3) is 4.65. The van der Waals surface area contributed by atoms with E-state index in [1.807, 2.05) is 26.0 Å². The normalized spacial score (nSPS) is 8.92. The summed E-state index contributed by atoms with van der Waals surface area (Å²) >= 11 is 0. The molecular weight excluding hydrogens is 162 g/mol. The van der Waals surface area contributed by atoms with Gasteiger partial charge >= 0.3 is 0 Å². The summed E-state index contributed by atoms with van der Waals surface area (Å²) in [6, 6.07) is 8.13. The summed E-state index contributed by atoms with van der Waals surface area (Å²) in [5, 5.41) is 11.4. The lowest BCUT2D eigenvalue weighted by Gasteiger charge is -2.04. The number of benzene rings is 1. The quantitative estimate of drug-likeness (QED) is 0.700. The third-order valence-electron chi connectivity index (χ3n) is 1.69. The van der Waals surface area contributed by atoms with E-state index in [0.29, 0.717) is 0 Å². The molecule has 2 N–H and O–H groups in total. The zero-order valence-electron chi connectivity index (χ0n) is 8.67. The molecular formula is C11H19NO. The van der Waals surface area contributed by atoms with Crippen LogP contribution in [0.3, 0.4) is 0 Å². The Morgan fingerprint density at radius 3 is 2.38 bits per heavy atom. The van der Waals surface area contributed by atoms with Gasteiger partial charge < -0.3 is 5.11 Å². The monoisotopic (exact) mass is 181 g/mol. The van der Waals surface area contributed by atoms with Crippen LogP contribution in [-0.4, -0.2) is 11.8 Å². The molecule has 2 heteroatoms. The molecule has 74 valence electrons. The summed E-state index contributed by atoms with van der Waals surface area (Å²) in [6.45, 7) is 6.84. The van der Waals surface area contributed by atoms with E-state index in [0.717, 1.165) is 6.54 Å². The van der Waals surface area contributed by atoms with Gasteiger partial charge in [-0.3, -0.25) is 5.32 Å². The molecule has 0 aliphatic rings. The second-order valence-corrected chi connectivity index (χ2v) is 2.51. The molecule has 1 aromatic rings. The number of aliphatic hydroxyl groups is 1. The number of hydrogen-bond acceptors (Lipinski definition) is 2. The zero-order chi connectivity index (χ0) is 10.1. The van der Waals surface area contributed by atoms with Crippen LogP contribution in [0.5, 0.6) is 0 Å². The molecule has 1 aromatic carbocycles. The smallest absolute Gasteiger partial charge is 0.0934 e. The Morgan fingerprint density at radius 2 is 1.85 bits per heavy atom. The van der Waals surface area contributed by atoms with Crippen molar-refractivity contribution in [1.29, 1.82) is 0 Å². The van der Waals surface area contributed by atoms with Gasteiger partial charge in [0.1, 0.15) is 0 Å². The van der Waals surface area contributed by atoms with E-state index in [9.17, 15) is 0 Å². The lowest BCUT2D eigenvalue weighted by Crippen LogP contribution is -2.14. The standard InChI is InChI=1S/C9H13NO.C2H6/c1-8-4-2-3-5-9(8)6-10-7-11;1-2/h2-5,10-11H,6-7H2,1H3;1-2H3. The van der Waals surface area contributed by atoms with Crippen molar-refractivity contribution in [3.05, 3.63) is 35.4 Å². The van der Waals surface area contributed by atoms with Crippen LogP contribution in [0.1, 0.15) is 25.0 Å². The predicted octanol–water partition coefficient (Wildman–Crippen LogP) is 2.06. The highest BCUT2D eigenvalue weighted by Gasteiger charge is 1.93. The number of aliphatic hydroxyl groups excluding tert-OH is 1. The maximum absolute atomic E-state index is 8.51. The van der Waals surface area contributed by atoms with Crippen molar-refractivity contribution in [1.82, 2.24) is 5.32 Å². The Balaban J connectivity index is 0.000000671. The molecule has 0 radical (unpaired) electrons. The highest BCUT2D eigenvalue weighted by Crippen LogP contribution is 2.05. The van der Waals surface area contributed by atoms with Crippen LogP contribution >= 0.6 is 0 Å². The lowest BCUT2D eigenvalue weighted by molar-refractivity contribution is 0.259. The second-order valence-electron chi connectivity index (χ2n) is 2.51. The molecule has 0 aliphatic heterocycles. The predicted molar refractivity (Wildman–Crippen MR) is 56.5 cm³/mol. The van der Waals surface area contributed by atoms with E-state index < -0.39 is 0 Å². The first-order chi connectivity index (χ1) is 6.34. The molecule has 0 heterocycles. The third-order valence-corrected chi connectivity index (χ3v) is 1.69. The fourth-order valence-corrected chi connectivity index (χ4v) is 0.999. The van der Waals surface area contributed by atoms with E-state index in [4.69, 9.17) is 5.11 Å². The van der Waals surface area contributed by atoms with E-state index in [1.165, 1.54) is 11.1 Å². The molecule has 1 rings (SSSR count). The van der Waals surface area contributed by atoms with Crippen LogP contribution in [0.15, 0.2) is 24.3 Å². The molecule has 0 atom stereocenters. The minimum atomic E-state index is 0.0360. The Hall–Kier alpha value is -0.860. The molecule has 0 amide bonds. The van der Waals surface area contributed by atoms with Crippen LogP contribution in [0.4, 0.5) is 0 Å². The van der Waals surface area contributed by atoms with Crippen molar-refractivity contribution in [2.75, 3.05) is 6.73 Å². The van der Waals surface area contributed by atoms with Crippen molar-refractivity contribution in [2.45, 2.75) is 27.3 Å². The van der Waals surface area contributed by atoms with Gasteiger partial charge in [-0.05, 0) is 18.1 Å². The fourth-order valence-electron chi connectivity index (χ4n) is 0.999. The average molecular weight is 181 g/mol. The van der Waals surface area contributed by atoms with Gasteiger partial charge in [-0.15, -0.1) is 0 Å². The summed E-state index contributed by atoms with van der Waals surface area (Å²) < 4.78 is 0. The molecule has 2 nitrogen and oxygen atoms in total. The van der Waals surface area contributed by atoms with Gasteiger partial charge in [-0.2, -0.15) is 0 Å². The van der Waals surface area contributed by atoms with Crippen LogP contribution in [0, 0.1) is 6.92 Å². The van der Waals surface area contributed by atoms with Gasteiger partial charge in [0.05, 0.1) is 6.73 Å². The topological polar surface area (TPSA) is 32.3 Å². The SMILES string of the molecule is CC.Cc1ccccc1CNCO. The van der Waals surface area contributed by atoms with Gasteiger partial charge in [0.15, 0.2) is 0 Å². The number of hydrogen-bond donors (Lipinski definition) is 2. The molecule has 0 fully saturated rings. The van der Waals surface area contributed by atoms with Crippen LogP contribution in [0.25, 0.3) is 0 Å². The van der Waals surface area contributed by atoms with Gasteiger partial charge in [0.25, 0.3) is 0 Å². The lowest BCUT2D eigenvalue weighted by atomic mass is 10.1. The minimum absolute atomic E-state index is 0.0360. The Labute approximate surface area is 80.6 Å². The van der Waals surface area contributed by atoms with Gasteiger partial charge in [-0.25, -0.2) is 0 Å². The summed E-state index contributed by atoms with van der Waals surface area (Å²) in [5.41, 5.74) is 2.50. The van der Waals surface area contributed by atoms with E-state index in [1.54, 1.807) is 0 Å². The molecule has 0 saturated heterocycles. The summed E-state index contributed by atoms with van der Waals surface area (Å²) in [6.07, 6.45) is 0. The maximum atomic E-state index is 8.51. The molecule has 0 spiro atoms. The number of nitrogens with one attached hydrogen (secondary N) is 1. The van der Waals surface area contributed by atoms with Gasteiger partial charge in [0.2, 0.25) is 0 Å². The van der Waals surface area contributed by atoms with Crippen molar-refractivity contribution in [3.63, 3.8) is 0 Å². The van der Waals surface area contributed by atoms with Crippen molar-refractivity contribution in [2.24, 2.45) is 0 Å². The second kappa shape index (κ2) is 7.77. The van der Waals surface area contributed by atoms with E-state index >= 15 is 0 Å². The summed E-state index contributed by atoms with van der Waals surface area (Å²) in [7, 11) is 0. The van der Waals surface area contributed by atoms with Crippen LogP contribution < -0.4 is 5.32 Å². The number of rotatable bonds is 3. The molecule has 0 unspecified atom stereocenters. The first-order valence-electron chi connectivity index (χ1n) is 4.70. The highest BCUT2D eigenvalue weighted by atomic mass is 16.3. The molecule has 0 aliphatic carbocycles. The van der Waals surface area contributed by atoms with Crippen molar-refractivity contribution >= 4 is 0 Å². The molecule has 0 aromatic heterocycles. The first kappa shape index (κ1) is 12.1. The highest BCUT2D eigenvalue weighted by molar-refractivity contribution is 5.25. The van der Waals surface area contributed by atoms with E-state index in [2.05, 4.69) is 24.4 Å². The van der Waals surface area contributed by atoms with Crippen LogP contribution in [0.2, 0.25) is 0 Å². The molecule has 13 heavy (non-hydrogen) atoms. The van der Waals surface area contributed by atoms with Crippen molar-refractivity contribution < 1.29 is 5.11 Å². The van der Waals surface area contributed by atoms with E-state index in [-0.39, 0.29) is 6.73 Å². The zero-order valence-corrected chi connectivity index (χ0v) is 8.67. The largest absolute Gasteiger partial charge is 0.381 e. The minimum Gasteiger partial charge on any atom is -0.381 e. The Kier molecular flexibility index (Phi) is 7.26. The number of aryl methyl sites for hydroxylation is 1. The van der Waals surface area contributed by atoms with Gasteiger partial charge in [0, 0.05) is 6.54 Å².